The maximum atomic E-state index is 15.2. The van der Waals surface area contributed by atoms with Crippen molar-refractivity contribution in [2.45, 2.75) is 63.2 Å². The van der Waals surface area contributed by atoms with Gasteiger partial charge in [-0.05, 0) is 84.3 Å². The normalized spacial score (nSPS) is 20.7. The molecule has 3 heterocycles. The second kappa shape index (κ2) is 15.1. The van der Waals surface area contributed by atoms with Gasteiger partial charge in [0.15, 0.2) is 5.60 Å². The summed E-state index contributed by atoms with van der Waals surface area (Å²) in [7, 11) is -0.668. The highest BCUT2D eigenvalue weighted by atomic mass is 79.9. The van der Waals surface area contributed by atoms with Crippen LogP contribution in [-0.4, -0.2) is 59.8 Å². The van der Waals surface area contributed by atoms with E-state index in [1.54, 1.807) is 36.1 Å². The molecular formula is C41H45BrN6O5Si. The van der Waals surface area contributed by atoms with Gasteiger partial charge in [0, 0.05) is 58.7 Å². The van der Waals surface area contributed by atoms with Gasteiger partial charge in [-0.2, -0.15) is 0 Å². The quantitative estimate of drug-likeness (QED) is 0.0989. The van der Waals surface area contributed by atoms with Crippen LogP contribution < -0.4 is 25.9 Å². The van der Waals surface area contributed by atoms with Crippen molar-refractivity contribution in [1.29, 1.82) is 0 Å². The summed E-state index contributed by atoms with van der Waals surface area (Å²) >= 11 is 3.70. The fourth-order valence-electron chi connectivity index (χ4n) is 8.36. The van der Waals surface area contributed by atoms with Crippen molar-refractivity contribution in [2.75, 3.05) is 29.7 Å². The first-order valence-electron chi connectivity index (χ1n) is 18.1. The smallest absolute Gasteiger partial charge is 0.264 e. The Bertz CT molecular complexity index is 2140. The van der Waals surface area contributed by atoms with Gasteiger partial charge in [0.25, 0.3) is 11.8 Å². The van der Waals surface area contributed by atoms with E-state index in [1.165, 1.54) is 5.19 Å². The molecule has 7 rings (SSSR count). The number of hydrogen-bond donors (Lipinski definition) is 3. The van der Waals surface area contributed by atoms with Crippen LogP contribution in [0.3, 0.4) is 0 Å². The van der Waals surface area contributed by atoms with Crippen LogP contribution in [0, 0.1) is 5.92 Å². The Kier molecular flexibility index (Phi) is 10.5. The molecule has 1 spiro atoms. The number of carbonyl (C=O) groups is 2. The van der Waals surface area contributed by atoms with E-state index in [1.807, 2.05) is 65.7 Å². The summed E-state index contributed by atoms with van der Waals surface area (Å²) in [4.78, 5) is 29.8. The minimum atomic E-state index is -2.34. The molecule has 4 atom stereocenters. The fourth-order valence-corrected chi connectivity index (χ4v) is 12.8. The van der Waals surface area contributed by atoms with Crippen molar-refractivity contribution in [1.82, 2.24) is 15.0 Å². The summed E-state index contributed by atoms with van der Waals surface area (Å²) < 4.78 is 15.4. The van der Waals surface area contributed by atoms with Crippen molar-refractivity contribution >= 4 is 58.1 Å². The zero-order valence-corrected chi connectivity index (χ0v) is 33.4. The Hall–Kier alpha value is -4.82. The summed E-state index contributed by atoms with van der Waals surface area (Å²) in [6.45, 7) is 7.81. The summed E-state index contributed by atoms with van der Waals surface area (Å²) in [5, 5.41) is 22.2. The lowest BCUT2D eigenvalue weighted by molar-refractivity contribution is -0.146. The summed E-state index contributed by atoms with van der Waals surface area (Å²) in [6.07, 6.45) is 2.69. The molecule has 13 heteroatoms. The molecule has 2 amide bonds. The molecule has 54 heavy (non-hydrogen) atoms. The molecule has 0 aliphatic carbocycles. The number of aliphatic hydroxyl groups excluding tert-OH is 1. The van der Waals surface area contributed by atoms with Gasteiger partial charge in [0.05, 0.1) is 39.2 Å². The van der Waals surface area contributed by atoms with Crippen LogP contribution in [-0.2, 0) is 34.6 Å². The van der Waals surface area contributed by atoms with Gasteiger partial charge in [0.2, 0.25) is 0 Å². The Balaban J connectivity index is 1.20. The molecule has 1 aromatic heterocycles. The summed E-state index contributed by atoms with van der Waals surface area (Å²) in [6, 6.07) is 28.7. The fraction of sp³-hybridized carbons (Fsp3) is 0.317. The molecule has 4 aromatic carbocycles. The number of ether oxygens (including phenoxy) is 2. The molecule has 0 bridgehead atoms. The summed E-state index contributed by atoms with van der Waals surface area (Å²) in [5.74, 6) is 0.325. The van der Waals surface area contributed by atoms with Gasteiger partial charge in [-0.1, -0.05) is 70.6 Å². The SMILES string of the molecule is COc1ccc([Si](C)(C)[C@@H]2[C@@H](CCn3cc(CCO)nn3)O[C@]3(C(=O)N(Cc4ccc(NC(=O)c5ccc(N)cc5)cc4)c4ccc(Br)cc43)[C@H]2C)cc1. The van der Waals surface area contributed by atoms with Gasteiger partial charge in [-0.15, -0.1) is 5.10 Å². The predicted octanol–water partition coefficient (Wildman–Crippen LogP) is 6.27. The van der Waals surface area contributed by atoms with Crippen molar-refractivity contribution in [3.05, 3.63) is 124 Å². The molecule has 2 aliphatic rings. The molecule has 0 unspecified atom stereocenters. The number of aromatic nitrogens is 3. The van der Waals surface area contributed by atoms with E-state index in [0.717, 1.165) is 32.7 Å². The molecule has 5 aromatic rings. The number of carbonyl (C=O) groups excluding carboxylic acids is 2. The molecule has 1 saturated heterocycles. The van der Waals surface area contributed by atoms with E-state index < -0.39 is 13.7 Å². The molecule has 2 aliphatic heterocycles. The first-order chi connectivity index (χ1) is 25.9. The Morgan fingerprint density at radius 2 is 1.78 bits per heavy atom. The van der Waals surface area contributed by atoms with E-state index in [9.17, 15) is 9.90 Å². The first-order valence-corrected chi connectivity index (χ1v) is 22.0. The zero-order valence-electron chi connectivity index (χ0n) is 30.8. The third-order valence-corrected chi connectivity index (χ3v) is 16.0. The molecule has 280 valence electrons. The minimum Gasteiger partial charge on any atom is -0.497 e. The number of benzene rings is 4. The minimum absolute atomic E-state index is 0.00694. The van der Waals surface area contributed by atoms with Gasteiger partial charge in [-0.25, -0.2) is 0 Å². The van der Waals surface area contributed by atoms with Crippen molar-refractivity contribution in [3.63, 3.8) is 0 Å². The maximum absolute atomic E-state index is 15.2. The molecule has 11 nitrogen and oxygen atoms in total. The molecule has 1 fully saturated rings. The average Bonchev–Trinajstić information content (AvgIpc) is 3.81. The van der Waals surface area contributed by atoms with E-state index >= 15 is 4.79 Å². The topological polar surface area (TPSA) is 145 Å². The number of nitrogens with zero attached hydrogens (tertiary/aromatic N) is 4. The first kappa shape index (κ1) is 37.5. The van der Waals surface area contributed by atoms with Crippen LogP contribution in [0.1, 0.15) is 40.5 Å². The number of anilines is 3. The van der Waals surface area contributed by atoms with Crippen molar-refractivity contribution in [2.24, 2.45) is 5.92 Å². The average molecular weight is 810 g/mol. The number of hydrogen-bond acceptors (Lipinski definition) is 8. The standard InChI is InChI=1S/C41H45BrN6O5Si/c1-26-38(54(3,4)34-16-14-33(52-2)15-17-34)37(19-21-47-25-32(20-22-49)45-46-47)53-41(26)35-23-29(42)9-18-36(35)48(40(41)51)24-27-5-12-31(13-6-27)44-39(50)28-7-10-30(43)11-8-28/h5-18,23,25-26,37-38,49H,19-22,24,43H2,1-4H3,(H,44,50)/t26-,37+,38-,41+/m0/s1. The van der Waals surface area contributed by atoms with Crippen LogP contribution in [0.15, 0.2) is 102 Å². The van der Waals surface area contributed by atoms with E-state index in [2.05, 4.69) is 63.7 Å². The number of aliphatic hydroxyl groups is 1. The van der Waals surface area contributed by atoms with Crippen molar-refractivity contribution < 1.29 is 24.2 Å². The van der Waals surface area contributed by atoms with Gasteiger partial charge in [-0.3, -0.25) is 14.3 Å². The van der Waals surface area contributed by atoms with Gasteiger partial charge >= 0.3 is 0 Å². The van der Waals surface area contributed by atoms with Gasteiger partial charge < -0.3 is 30.5 Å². The third-order valence-electron chi connectivity index (χ3n) is 11.1. The number of nitrogen functional groups attached to an aromatic ring is 1. The zero-order chi connectivity index (χ0) is 38.2. The predicted molar refractivity (Wildman–Crippen MR) is 216 cm³/mol. The monoisotopic (exact) mass is 808 g/mol. The molecule has 4 N–H and O–H groups in total. The summed E-state index contributed by atoms with van der Waals surface area (Å²) in [5.41, 5.74) is 9.72. The Morgan fingerprint density at radius 1 is 1.06 bits per heavy atom. The van der Waals surface area contributed by atoms with Crippen LogP contribution in [0.4, 0.5) is 17.1 Å². The second-order valence-electron chi connectivity index (χ2n) is 14.7. The largest absolute Gasteiger partial charge is 0.497 e. The second-order valence-corrected chi connectivity index (χ2v) is 20.3. The van der Waals surface area contributed by atoms with Gasteiger partial charge in [0.1, 0.15) is 5.75 Å². The lowest BCUT2D eigenvalue weighted by atomic mass is 9.82. The number of nitrogens with one attached hydrogen (secondary N) is 1. The van der Waals surface area contributed by atoms with E-state index in [4.69, 9.17) is 15.2 Å². The highest BCUT2D eigenvalue weighted by Gasteiger charge is 2.66. The van der Waals surface area contributed by atoms with Crippen LogP contribution in [0.2, 0.25) is 18.6 Å². The number of methoxy groups -OCH3 is 1. The number of nitrogens with two attached hydrogens (primary N) is 1. The number of rotatable bonds is 12. The molecule has 0 radical (unpaired) electrons. The third kappa shape index (κ3) is 6.97. The van der Waals surface area contributed by atoms with Crippen molar-refractivity contribution in [3.8, 4) is 5.75 Å². The Morgan fingerprint density at radius 3 is 2.46 bits per heavy atom. The highest BCUT2D eigenvalue weighted by Crippen LogP contribution is 2.60. The number of halogens is 1. The van der Waals surface area contributed by atoms with Crippen LogP contribution in [0.25, 0.3) is 0 Å². The lowest BCUT2D eigenvalue weighted by Crippen LogP contribution is -2.51. The maximum Gasteiger partial charge on any atom is 0.264 e. The van der Waals surface area contributed by atoms with E-state index in [-0.39, 0.29) is 36.0 Å². The number of fused-ring (bicyclic) bond motifs is 2. The lowest BCUT2D eigenvalue weighted by Gasteiger charge is -2.37. The number of amides is 2. The molecular weight excluding hydrogens is 764 g/mol. The van der Waals surface area contributed by atoms with Crippen LogP contribution in [0.5, 0.6) is 5.75 Å². The molecule has 0 saturated carbocycles. The highest BCUT2D eigenvalue weighted by molar-refractivity contribution is 9.10. The van der Waals surface area contributed by atoms with Crippen LogP contribution >= 0.6 is 15.9 Å². The number of aryl methyl sites for hydroxylation is 1. The Labute approximate surface area is 324 Å². The van der Waals surface area contributed by atoms with E-state index in [0.29, 0.717) is 42.9 Å².